The Morgan fingerprint density at radius 1 is 1.58 bits per heavy atom. The molecule has 64 valence electrons. The molecule has 0 radical (unpaired) electrons. The molecule has 1 heterocycles. The van der Waals surface area contributed by atoms with Crippen LogP contribution in [-0.4, -0.2) is 12.6 Å². The second-order valence-electron chi connectivity index (χ2n) is 2.17. The van der Waals surface area contributed by atoms with Crippen molar-refractivity contribution < 1.29 is 14.3 Å². The third-order valence-corrected chi connectivity index (χ3v) is 1.31. The van der Waals surface area contributed by atoms with Crippen molar-refractivity contribution in [2.75, 3.05) is 6.61 Å². The molecular formula is C8H9NO3. The number of aromatic nitrogens is 1. The first-order chi connectivity index (χ1) is 5.74. The van der Waals surface area contributed by atoms with Crippen molar-refractivity contribution in [1.29, 1.82) is 0 Å². The zero-order valence-electron chi connectivity index (χ0n) is 6.69. The molecule has 0 spiro atoms. The summed E-state index contributed by atoms with van der Waals surface area (Å²) in [5, 5.41) is 10.6. The predicted molar refractivity (Wildman–Crippen MR) is 41.4 cm³/mol. The van der Waals surface area contributed by atoms with Gasteiger partial charge in [0.05, 0.1) is 12.2 Å². The fourth-order valence-corrected chi connectivity index (χ4v) is 0.763. The smallest absolute Gasteiger partial charge is 0.338 e. The van der Waals surface area contributed by atoms with Crippen LogP contribution in [0.15, 0.2) is 24.5 Å². The van der Waals surface area contributed by atoms with Gasteiger partial charge in [0, 0.05) is 12.1 Å². The standard InChI is InChI=1S/C8H9NO3/c1-2-12-8(10)7-3-5-9(11)6-4-7/h3-6H,2H2,1H3. The quantitative estimate of drug-likeness (QED) is 0.366. The molecule has 4 nitrogen and oxygen atoms in total. The van der Waals surface area contributed by atoms with E-state index in [9.17, 15) is 10.0 Å². The van der Waals surface area contributed by atoms with Gasteiger partial charge in [0.25, 0.3) is 0 Å². The summed E-state index contributed by atoms with van der Waals surface area (Å²) in [6.07, 6.45) is 2.51. The number of hydrogen-bond acceptors (Lipinski definition) is 3. The van der Waals surface area contributed by atoms with Crippen LogP contribution in [0.4, 0.5) is 0 Å². The van der Waals surface area contributed by atoms with Gasteiger partial charge in [0.1, 0.15) is 0 Å². The molecule has 0 saturated carbocycles. The number of esters is 1. The number of nitrogens with zero attached hydrogens (tertiary/aromatic N) is 1. The normalized spacial score (nSPS) is 9.42. The summed E-state index contributed by atoms with van der Waals surface area (Å²) in [6, 6.07) is 2.84. The van der Waals surface area contributed by atoms with Crippen molar-refractivity contribution in [2.24, 2.45) is 0 Å². The van der Waals surface area contributed by atoms with Crippen molar-refractivity contribution in [3.05, 3.63) is 35.3 Å². The molecule has 0 fully saturated rings. The minimum absolute atomic E-state index is 0.338. The van der Waals surface area contributed by atoms with E-state index in [1.807, 2.05) is 0 Å². The van der Waals surface area contributed by atoms with Gasteiger partial charge in [-0.15, -0.1) is 0 Å². The molecule has 0 amide bonds. The van der Waals surface area contributed by atoms with E-state index in [4.69, 9.17) is 4.74 Å². The maximum absolute atomic E-state index is 11.0. The van der Waals surface area contributed by atoms with Crippen molar-refractivity contribution >= 4 is 5.97 Å². The molecule has 0 N–H and O–H groups in total. The molecule has 0 unspecified atom stereocenters. The van der Waals surface area contributed by atoms with Gasteiger partial charge in [-0.3, -0.25) is 0 Å². The minimum Gasteiger partial charge on any atom is -0.619 e. The number of ether oxygens (including phenoxy) is 1. The first-order valence-electron chi connectivity index (χ1n) is 3.60. The molecule has 0 aromatic carbocycles. The highest BCUT2D eigenvalue weighted by molar-refractivity contribution is 5.88. The summed E-state index contributed by atoms with van der Waals surface area (Å²) in [4.78, 5) is 11.0. The Morgan fingerprint density at radius 2 is 2.17 bits per heavy atom. The Labute approximate surface area is 70.0 Å². The summed E-state index contributed by atoms with van der Waals surface area (Å²) in [6.45, 7) is 2.07. The Balaban J connectivity index is 2.75. The summed E-state index contributed by atoms with van der Waals surface area (Å²) in [5.74, 6) is -0.405. The number of hydrogen-bond donors (Lipinski definition) is 0. The van der Waals surface area contributed by atoms with Crippen molar-refractivity contribution in [1.82, 2.24) is 0 Å². The van der Waals surface area contributed by atoms with E-state index in [0.29, 0.717) is 16.9 Å². The van der Waals surface area contributed by atoms with Gasteiger partial charge in [-0.25, -0.2) is 4.79 Å². The Morgan fingerprint density at radius 3 is 2.67 bits per heavy atom. The largest absolute Gasteiger partial charge is 0.619 e. The van der Waals surface area contributed by atoms with E-state index in [2.05, 4.69) is 0 Å². The summed E-state index contributed by atoms with van der Waals surface area (Å²) in [5.41, 5.74) is 0.393. The van der Waals surface area contributed by atoms with Gasteiger partial charge in [0.15, 0.2) is 12.4 Å². The average molecular weight is 167 g/mol. The van der Waals surface area contributed by atoms with Crippen LogP contribution in [0.25, 0.3) is 0 Å². The lowest BCUT2D eigenvalue weighted by molar-refractivity contribution is -0.605. The highest BCUT2D eigenvalue weighted by atomic mass is 16.5. The van der Waals surface area contributed by atoms with E-state index in [1.165, 1.54) is 24.5 Å². The van der Waals surface area contributed by atoms with Crippen LogP contribution in [0.3, 0.4) is 0 Å². The molecule has 0 aliphatic heterocycles. The molecule has 12 heavy (non-hydrogen) atoms. The second kappa shape index (κ2) is 3.71. The van der Waals surface area contributed by atoms with Crippen LogP contribution in [0.5, 0.6) is 0 Å². The highest BCUT2D eigenvalue weighted by Crippen LogP contribution is 1.97. The highest BCUT2D eigenvalue weighted by Gasteiger charge is 2.05. The second-order valence-corrected chi connectivity index (χ2v) is 2.17. The molecule has 1 aromatic heterocycles. The minimum atomic E-state index is -0.405. The van der Waals surface area contributed by atoms with E-state index >= 15 is 0 Å². The van der Waals surface area contributed by atoms with Crippen molar-refractivity contribution in [3.8, 4) is 0 Å². The molecule has 4 heteroatoms. The Kier molecular flexibility index (Phi) is 2.63. The van der Waals surface area contributed by atoms with Crippen LogP contribution >= 0.6 is 0 Å². The first-order valence-corrected chi connectivity index (χ1v) is 3.60. The van der Waals surface area contributed by atoms with Gasteiger partial charge in [0.2, 0.25) is 0 Å². The topological polar surface area (TPSA) is 53.2 Å². The van der Waals surface area contributed by atoms with Crippen molar-refractivity contribution in [3.63, 3.8) is 0 Å². The molecule has 0 aliphatic carbocycles. The van der Waals surface area contributed by atoms with Crippen LogP contribution in [0.1, 0.15) is 17.3 Å². The van der Waals surface area contributed by atoms with Crippen LogP contribution < -0.4 is 4.73 Å². The maximum atomic E-state index is 11.0. The average Bonchev–Trinajstić information content (AvgIpc) is 2.06. The van der Waals surface area contributed by atoms with Crippen molar-refractivity contribution in [2.45, 2.75) is 6.92 Å². The lowest BCUT2D eigenvalue weighted by Crippen LogP contribution is -2.24. The predicted octanol–water partition coefficient (Wildman–Crippen LogP) is 0.497. The summed E-state index contributed by atoms with van der Waals surface area (Å²) in [7, 11) is 0. The van der Waals surface area contributed by atoms with Gasteiger partial charge in [-0.1, -0.05) is 0 Å². The SMILES string of the molecule is CCOC(=O)c1cc[n+]([O-])cc1. The molecule has 0 aliphatic rings. The maximum Gasteiger partial charge on any atom is 0.338 e. The fourth-order valence-electron chi connectivity index (χ4n) is 0.763. The fraction of sp³-hybridized carbons (Fsp3) is 0.250. The lowest BCUT2D eigenvalue weighted by atomic mass is 10.3. The third-order valence-electron chi connectivity index (χ3n) is 1.31. The van der Waals surface area contributed by atoms with Gasteiger partial charge in [-0.2, -0.15) is 4.73 Å². The van der Waals surface area contributed by atoms with Crippen LogP contribution in [-0.2, 0) is 4.74 Å². The number of rotatable bonds is 2. The molecule has 1 aromatic rings. The molecule has 1 rings (SSSR count). The van der Waals surface area contributed by atoms with Gasteiger partial charge in [-0.05, 0) is 6.92 Å². The molecule has 0 saturated heterocycles. The zero-order chi connectivity index (χ0) is 8.97. The van der Waals surface area contributed by atoms with Crippen LogP contribution in [0, 0.1) is 5.21 Å². The number of pyridine rings is 1. The molecule has 0 atom stereocenters. The van der Waals surface area contributed by atoms with E-state index < -0.39 is 5.97 Å². The van der Waals surface area contributed by atoms with Gasteiger partial charge < -0.3 is 9.94 Å². The lowest BCUT2D eigenvalue weighted by Gasteiger charge is -2.00. The molecule has 0 bridgehead atoms. The first kappa shape index (κ1) is 8.52. The van der Waals surface area contributed by atoms with E-state index in [-0.39, 0.29) is 0 Å². The Hall–Kier alpha value is -1.58. The van der Waals surface area contributed by atoms with Crippen LogP contribution in [0.2, 0.25) is 0 Å². The Bertz CT molecular complexity index is 268. The number of carbonyl (C=O) groups is 1. The van der Waals surface area contributed by atoms with E-state index in [0.717, 1.165) is 0 Å². The van der Waals surface area contributed by atoms with E-state index in [1.54, 1.807) is 6.92 Å². The van der Waals surface area contributed by atoms with Gasteiger partial charge >= 0.3 is 5.97 Å². The third kappa shape index (κ3) is 1.95. The summed E-state index contributed by atoms with van der Waals surface area (Å²) < 4.78 is 5.33. The zero-order valence-corrected chi connectivity index (χ0v) is 6.69. The summed E-state index contributed by atoms with van der Waals surface area (Å²) >= 11 is 0. The molecular weight excluding hydrogens is 158 g/mol. The number of carbonyl (C=O) groups excluding carboxylic acids is 1. The monoisotopic (exact) mass is 167 g/mol.